The van der Waals surface area contributed by atoms with Gasteiger partial charge in [0.2, 0.25) is 0 Å². The fourth-order valence-electron chi connectivity index (χ4n) is 1.32. The number of rotatable bonds is 5. The molecule has 0 aliphatic heterocycles. The first-order valence-electron chi connectivity index (χ1n) is 5.41. The molecule has 4 nitrogen and oxygen atoms in total. The third kappa shape index (κ3) is 3.93. The number of pyridine rings is 1. The Morgan fingerprint density at radius 3 is 2.82 bits per heavy atom. The van der Waals surface area contributed by atoms with Crippen LogP contribution in [0, 0.1) is 6.92 Å². The summed E-state index contributed by atoms with van der Waals surface area (Å²) in [6.07, 6.45) is 2.07. The molecule has 17 heavy (non-hydrogen) atoms. The highest BCUT2D eigenvalue weighted by atomic mass is 32.2. The lowest BCUT2D eigenvalue weighted by Gasteiger charge is -2.11. The van der Waals surface area contributed by atoms with Crippen molar-refractivity contribution in [2.24, 2.45) is 0 Å². The summed E-state index contributed by atoms with van der Waals surface area (Å²) in [5, 5.41) is 3.76. The molecule has 0 saturated carbocycles. The summed E-state index contributed by atoms with van der Waals surface area (Å²) in [4.78, 5) is 15.7. The third-order valence-corrected chi connectivity index (χ3v) is 3.44. The van der Waals surface area contributed by atoms with Crippen LogP contribution in [0.15, 0.2) is 12.1 Å². The maximum atomic E-state index is 11.4. The first-order valence-corrected chi connectivity index (χ1v) is 6.70. The Balaban J connectivity index is 2.72. The van der Waals surface area contributed by atoms with E-state index in [2.05, 4.69) is 28.2 Å². The second-order valence-electron chi connectivity index (χ2n) is 3.75. The first kappa shape index (κ1) is 13.8. The Bertz CT molecular complexity index is 396. The van der Waals surface area contributed by atoms with Crippen molar-refractivity contribution in [1.82, 2.24) is 4.98 Å². The maximum absolute atomic E-state index is 11.4. The molecule has 0 spiro atoms. The van der Waals surface area contributed by atoms with Gasteiger partial charge in [-0.05, 0) is 25.3 Å². The van der Waals surface area contributed by atoms with Gasteiger partial charge in [-0.25, -0.2) is 9.78 Å². The molecular formula is C12H18N2O2S. The molecular weight excluding hydrogens is 236 g/mol. The quantitative estimate of drug-likeness (QED) is 0.817. The fourth-order valence-corrected chi connectivity index (χ4v) is 1.57. The van der Waals surface area contributed by atoms with E-state index in [1.54, 1.807) is 30.8 Å². The minimum atomic E-state index is -0.348. The van der Waals surface area contributed by atoms with Crippen LogP contribution in [0.2, 0.25) is 0 Å². The smallest absolute Gasteiger partial charge is 0.339 e. The number of aromatic nitrogens is 1. The average molecular weight is 254 g/mol. The molecule has 1 aromatic rings. The number of thioether (sulfide) groups is 1. The Labute approximate surface area is 106 Å². The number of ether oxygens (including phenoxy) is 1. The highest BCUT2D eigenvalue weighted by Gasteiger charge is 2.10. The largest absolute Gasteiger partial charge is 0.465 e. The zero-order valence-corrected chi connectivity index (χ0v) is 11.4. The van der Waals surface area contributed by atoms with Gasteiger partial charge in [0.15, 0.2) is 0 Å². The molecule has 1 N–H and O–H groups in total. The van der Waals surface area contributed by atoms with Crippen molar-refractivity contribution in [2.75, 3.05) is 25.2 Å². The van der Waals surface area contributed by atoms with E-state index in [-0.39, 0.29) is 5.97 Å². The van der Waals surface area contributed by atoms with Gasteiger partial charge in [-0.3, -0.25) is 0 Å². The number of hydrogen-bond donors (Lipinski definition) is 1. The minimum absolute atomic E-state index is 0.348. The maximum Gasteiger partial charge on any atom is 0.339 e. The molecule has 0 aromatic carbocycles. The van der Waals surface area contributed by atoms with E-state index in [9.17, 15) is 4.79 Å². The topological polar surface area (TPSA) is 51.2 Å². The number of aryl methyl sites for hydroxylation is 1. The predicted molar refractivity (Wildman–Crippen MR) is 71.8 cm³/mol. The molecule has 0 bridgehead atoms. The van der Waals surface area contributed by atoms with E-state index >= 15 is 0 Å². The number of nitrogens with one attached hydrogen (secondary N) is 1. The lowest BCUT2D eigenvalue weighted by Crippen LogP contribution is -2.14. The molecule has 1 aromatic heterocycles. The van der Waals surface area contributed by atoms with Gasteiger partial charge < -0.3 is 10.1 Å². The van der Waals surface area contributed by atoms with Crippen LogP contribution in [0.1, 0.15) is 23.0 Å². The van der Waals surface area contributed by atoms with Crippen molar-refractivity contribution in [3.8, 4) is 0 Å². The van der Waals surface area contributed by atoms with Crippen LogP contribution in [0.4, 0.5) is 5.82 Å². The summed E-state index contributed by atoms with van der Waals surface area (Å²) in [5.74, 6) is 0.440. The summed E-state index contributed by atoms with van der Waals surface area (Å²) >= 11 is 1.80. The van der Waals surface area contributed by atoms with Crippen LogP contribution in [0.3, 0.4) is 0 Å². The van der Waals surface area contributed by atoms with Crippen molar-refractivity contribution in [2.45, 2.75) is 19.1 Å². The normalized spacial score (nSPS) is 12.0. The molecule has 1 atom stereocenters. The molecule has 0 fully saturated rings. The molecule has 0 aliphatic rings. The van der Waals surface area contributed by atoms with Gasteiger partial charge in [0.25, 0.3) is 0 Å². The SMILES string of the molecule is COC(=O)c1ccc(NCC(C)SC)nc1C. The molecule has 0 aliphatic carbocycles. The molecule has 1 heterocycles. The highest BCUT2D eigenvalue weighted by molar-refractivity contribution is 7.99. The first-order chi connectivity index (χ1) is 8.08. The van der Waals surface area contributed by atoms with Crippen molar-refractivity contribution in [3.63, 3.8) is 0 Å². The standard InChI is InChI=1S/C12H18N2O2S/c1-8(17-4)7-13-11-6-5-10(9(2)14-11)12(15)16-3/h5-6,8H,7H2,1-4H3,(H,13,14). The van der Waals surface area contributed by atoms with E-state index in [1.165, 1.54) is 7.11 Å². The average Bonchev–Trinajstić information content (AvgIpc) is 2.35. The van der Waals surface area contributed by atoms with Gasteiger partial charge in [0.1, 0.15) is 5.82 Å². The Hall–Kier alpha value is -1.23. The summed E-state index contributed by atoms with van der Waals surface area (Å²) < 4.78 is 4.67. The van der Waals surface area contributed by atoms with Crippen LogP contribution >= 0.6 is 11.8 Å². The van der Waals surface area contributed by atoms with Crippen LogP contribution in [-0.4, -0.2) is 36.1 Å². The monoisotopic (exact) mass is 254 g/mol. The van der Waals surface area contributed by atoms with E-state index in [4.69, 9.17) is 0 Å². The molecule has 94 valence electrons. The minimum Gasteiger partial charge on any atom is -0.465 e. The molecule has 5 heteroatoms. The zero-order chi connectivity index (χ0) is 12.8. The zero-order valence-electron chi connectivity index (χ0n) is 10.6. The van der Waals surface area contributed by atoms with Crippen molar-refractivity contribution < 1.29 is 9.53 Å². The van der Waals surface area contributed by atoms with Gasteiger partial charge in [0.05, 0.1) is 18.4 Å². The van der Waals surface area contributed by atoms with Crippen LogP contribution in [0.5, 0.6) is 0 Å². The lowest BCUT2D eigenvalue weighted by atomic mass is 10.2. The number of anilines is 1. The summed E-state index contributed by atoms with van der Waals surface area (Å²) in [6, 6.07) is 3.53. The summed E-state index contributed by atoms with van der Waals surface area (Å²) in [6.45, 7) is 4.80. The van der Waals surface area contributed by atoms with Gasteiger partial charge in [0, 0.05) is 11.8 Å². The number of carbonyl (C=O) groups is 1. The van der Waals surface area contributed by atoms with Crippen LogP contribution in [0.25, 0.3) is 0 Å². The highest BCUT2D eigenvalue weighted by Crippen LogP contribution is 2.13. The van der Waals surface area contributed by atoms with Crippen molar-refractivity contribution >= 4 is 23.5 Å². The molecule has 1 unspecified atom stereocenters. The molecule has 0 radical (unpaired) electrons. The molecule has 0 saturated heterocycles. The summed E-state index contributed by atoms with van der Waals surface area (Å²) in [5.41, 5.74) is 1.19. The van der Waals surface area contributed by atoms with Crippen molar-refractivity contribution in [1.29, 1.82) is 0 Å². The lowest BCUT2D eigenvalue weighted by molar-refractivity contribution is 0.0599. The second kappa shape index (κ2) is 6.49. The van der Waals surface area contributed by atoms with Crippen LogP contribution < -0.4 is 5.32 Å². The van der Waals surface area contributed by atoms with Crippen LogP contribution in [-0.2, 0) is 4.74 Å². The van der Waals surface area contributed by atoms with Gasteiger partial charge in [-0.2, -0.15) is 11.8 Å². The Kier molecular flexibility index (Phi) is 5.28. The van der Waals surface area contributed by atoms with E-state index in [0.717, 1.165) is 12.4 Å². The molecule has 1 rings (SSSR count). The fraction of sp³-hybridized carbons (Fsp3) is 0.500. The molecule has 0 amide bonds. The Morgan fingerprint density at radius 2 is 2.29 bits per heavy atom. The van der Waals surface area contributed by atoms with Crippen molar-refractivity contribution in [3.05, 3.63) is 23.4 Å². The number of carbonyl (C=O) groups excluding carboxylic acids is 1. The number of hydrogen-bond acceptors (Lipinski definition) is 5. The van der Waals surface area contributed by atoms with E-state index < -0.39 is 0 Å². The number of nitrogens with zero attached hydrogens (tertiary/aromatic N) is 1. The van der Waals surface area contributed by atoms with E-state index in [1.807, 2.05) is 0 Å². The number of esters is 1. The third-order valence-electron chi connectivity index (χ3n) is 2.46. The van der Waals surface area contributed by atoms with Gasteiger partial charge in [-0.15, -0.1) is 0 Å². The Morgan fingerprint density at radius 1 is 1.59 bits per heavy atom. The van der Waals surface area contributed by atoms with Gasteiger partial charge >= 0.3 is 5.97 Å². The predicted octanol–water partition coefficient (Wildman–Crippen LogP) is 2.34. The van der Waals surface area contributed by atoms with Gasteiger partial charge in [-0.1, -0.05) is 6.92 Å². The van der Waals surface area contributed by atoms with E-state index in [0.29, 0.717) is 16.5 Å². The summed E-state index contributed by atoms with van der Waals surface area (Å²) in [7, 11) is 1.37. The second-order valence-corrected chi connectivity index (χ2v) is 5.02. The number of methoxy groups -OCH3 is 1.